The number of hydrogen-bond donors (Lipinski definition) is 2. The number of nitrogens with zero attached hydrogens (tertiary/aromatic N) is 2. The topological polar surface area (TPSA) is 63.8 Å². The lowest BCUT2D eigenvalue weighted by Gasteiger charge is -2.11. The van der Waals surface area contributed by atoms with Gasteiger partial charge in [-0.25, -0.2) is 14.4 Å². The van der Waals surface area contributed by atoms with Gasteiger partial charge >= 0.3 is 0 Å². The van der Waals surface area contributed by atoms with Crippen molar-refractivity contribution in [1.82, 2.24) is 15.3 Å². The maximum Gasteiger partial charge on any atom is 0.159 e. The van der Waals surface area contributed by atoms with Gasteiger partial charge in [-0.2, -0.15) is 0 Å². The van der Waals surface area contributed by atoms with Crippen molar-refractivity contribution in [3.8, 4) is 11.4 Å². The molecule has 1 heterocycles. The first-order chi connectivity index (χ1) is 9.19. The monoisotopic (exact) mass is 260 g/mol. The predicted octanol–water partition coefficient (Wildman–Crippen LogP) is 1.72. The highest BCUT2D eigenvalue weighted by Crippen LogP contribution is 2.15. The zero-order valence-electron chi connectivity index (χ0n) is 10.8. The SMILES string of the molecule is C[C@@H](CN)NCc1ccc(-c2ncc(F)cn2)cc1. The van der Waals surface area contributed by atoms with Gasteiger partial charge in [0.15, 0.2) is 11.6 Å². The first-order valence-corrected chi connectivity index (χ1v) is 6.19. The summed E-state index contributed by atoms with van der Waals surface area (Å²) >= 11 is 0. The van der Waals surface area contributed by atoms with Crippen LogP contribution in [0.2, 0.25) is 0 Å². The van der Waals surface area contributed by atoms with Crippen LogP contribution in [0.4, 0.5) is 4.39 Å². The summed E-state index contributed by atoms with van der Waals surface area (Å²) in [5, 5.41) is 3.31. The predicted molar refractivity (Wildman–Crippen MR) is 72.8 cm³/mol. The average Bonchev–Trinajstić information content (AvgIpc) is 2.46. The third-order valence-electron chi connectivity index (χ3n) is 2.84. The fourth-order valence-corrected chi connectivity index (χ4v) is 1.61. The van der Waals surface area contributed by atoms with Crippen molar-refractivity contribution in [1.29, 1.82) is 0 Å². The number of hydrogen-bond acceptors (Lipinski definition) is 4. The summed E-state index contributed by atoms with van der Waals surface area (Å²) in [6.07, 6.45) is 2.33. The largest absolute Gasteiger partial charge is 0.329 e. The van der Waals surface area contributed by atoms with Crippen molar-refractivity contribution in [2.24, 2.45) is 5.73 Å². The Kier molecular flexibility index (Phi) is 4.54. The molecule has 100 valence electrons. The Bertz CT molecular complexity index is 510. The molecular formula is C14H17FN4. The molecule has 19 heavy (non-hydrogen) atoms. The molecule has 3 N–H and O–H groups in total. The second kappa shape index (κ2) is 6.36. The zero-order chi connectivity index (χ0) is 13.7. The summed E-state index contributed by atoms with van der Waals surface area (Å²) in [5.74, 6) is 0.0941. The normalized spacial score (nSPS) is 12.4. The Morgan fingerprint density at radius 3 is 2.42 bits per heavy atom. The van der Waals surface area contributed by atoms with Crippen molar-refractivity contribution >= 4 is 0 Å². The third kappa shape index (κ3) is 3.81. The van der Waals surface area contributed by atoms with Crippen LogP contribution in [0.1, 0.15) is 12.5 Å². The van der Waals surface area contributed by atoms with E-state index < -0.39 is 5.82 Å². The maximum atomic E-state index is 12.7. The Morgan fingerprint density at radius 1 is 1.21 bits per heavy atom. The van der Waals surface area contributed by atoms with Gasteiger partial charge < -0.3 is 11.1 Å². The number of aromatic nitrogens is 2. The van der Waals surface area contributed by atoms with Gasteiger partial charge in [-0.05, 0) is 12.5 Å². The van der Waals surface area contributed by atoms with Gasteiger partial charge in [0.1, 0.15) is 0 Å². The van der Waals surface area contributed by atoms with Crippen molar-refractivity contribution in [2.75, 3.05) is 6.54 Å². The van der Waals surface area contributed by atoms with Crippen molar-refractivity contribution in [3.63, 3.8) is 0 Å². The van der Waals surface area contributed by atoms with Gasteiger partial charge in [0.2, 0.25) is 0 Å². The van der Waals surface area contributed by atoms with Gasteiger partial charge in [-0.15, -0.1) is 0 Å². The first kappa shape index (κ1) is 13.6. The third-order valence-corrected chi connectivity index (χ3v) is 2.84. The molecule has 5 heteroatoms. The van der Waals surface area contributed by atoms with E-state index >= 15 is 0 Å². The van der Waals surface area contributed by atoms with E-state index in [1.807, 2.05) is 31.2 Å². The minimum Gasteiger partial charge on any atom is -0.329 e. The molecule has 0 bridgehead atoms. The minimum absolute atomic E-state index is 0.292. The Labute approximate surface area is 111 Å². The van der Waals surface area contributed by atoms with Crippen LogP contribution in [0.5, 0.6) is 0 Å². The van der Waals surface area contributed by atoms with Crippen LogP contribution in [0.25, 0.3) is 11.4 Å². The highest BCUT2D eigenvalue weighted by atomic mass is 19.1. The van der Waals surface area contributed by atoms with Crippen LogP contribution in [-0.2, 0) is 6.54 Å². The van der Waals surface area contributed by atoms with Crippen LogP contribution in [-0.4, -0.2) is 22.6 Å². The molecule has 0 saturated heterocycles. The number of benzene rings is 1. The molecule has 2 aromatic rings. The summed E-state index contributed by atoms with van der Waals surface area (Å²) < 4.78 is 12.7. The van der Waals surface area contributed by atoms with Gasteiger partial charge in [0.05, 0.1) is 12.4 Å². The highest BCUT2D eigenvalue weighted by molar-refractivity contribution is 5.54. The second-order valence-corrected chi connectivity index (χ2v) is 4.44. The molecular weight excluding hydrogens is 243 g/mol. The lowest BCUT2D eigenvalue weighted by Crippen LogP contribution is -2.32. The molecule has 1 aromatic carbocycles. The Morgan fingerprint density at radius 2 is 1.84 bits per heavy atom. The molecule has 0 amide bonds. The molecule has 0 fully saturated rings. The zero-order valence-corrected chi connectivity index (χ0v) is 10.8. The van der Waals surface area contributed by atoms with E-state index in [1.54, 1.807) is 0 Å². The highest BCUT2D eigenvalue weighted by Gasteiger charge is 2.02. The van der Waals surface area contributed by atoms with Crippen LogP contribution >= 0.6 is 0 Å². The van der Waals surface area contributed by atoms with E-state index in [4.69, 9.17) is 5.73 Å². The van der Waals surface area contributed by atoms with Crippen molar-refractivity contribution in [3.05, 3.63) is 48.0 Å². The molecule has 0 saturated carbocycles. The van der Waals surface area contributed by atoms with E-state index in [-0.39, 0.29) is 0 Å². The molecule has 0 aliphatic carbocycles. The van der Waals surface area contributed by atoms with Gasteiger partial charge in [0, 0.05) is 24.7 Å². The first-order valence-electron chi connectivity index (χ1n) is 6.19. The molecule has 0 spiro atoms. The number of halogens is 1. The molecule has 0 aliphatic rings. The van der Waals surface area contributed by atoms with Gasteiger partial charge in [-0.1, -0.05) is 24.3 Å². The molecule has 4 nitrogen and oxygen atoms in total. The van der Waals surface area contributed by atoms with E-state index in [0.717, 1.165) is 17.7 Å². The summed E-state index contributed by atoms with van der Waals surface area (Å²) in [5.41, 5.74) is 7.57. The van der Waals surface area contributed by atoms with Gasteiger partial charge in [-0.3, -0.25) is 0 Å². The van der Waals surface area contributed by atoms with E-state index in [2.05, 4.69) is 15.3 Å². The smallest absolute Gasteiger partial charge is 0.159 e. The van der Waals surface area contributed by atoms with Crippen LogP contribution < -0.4 is 11.1 Å². The van der Waals surface area contributed by atoms with E-state index in [0.29, 0.717) is 18.4 Å². The fraction of sp³-hybridized carbons (Fsp3) is 0.286. The maximum absolute atomic E-state index is 12.7. The van der Waals surface area contributed by atoms with Crippen LogP contribution in [0.3, 0.4) is 0 Å². The molecule has 1 aromatic heterocycles. The molecule has 2 rings (SSSR count). The Balaban J connectivity index is 2.04. The number of nitrogens with one attached hydrogen (secondary N) is 1. The fourth-order valence-electron chi connectivity index (χ4n) is 1.61. The van der Waals surface area contributed by atoms with E-state index in [1.165, 1.54) is 12.4 Å². The van der Waals surface area contributed by atoms with Crippen molar-refractivity contribution < 1.29 is 4.39 Å². The second-order valence-electron chi connectivity index (χ2n) is 4.44. The van der Waals surface area contributed by atoms with Crippen molar-refractivity contribution in [2.45, 2.75) is 19.5 Å². The van der Waals surface area contributed by atoms with Gasteiger partial charge in [0.25, 0.3) is 0 Å². The minimum atomic E-state index is -0.430. The Hall–Kier alpha value is -1.85. The molecule has 1 atom stereocenters. The molecule has 0 unspecified atom stereocenters. The van der Waals surface area contributed by atoms with Crippen LogP contribution in [0, 0.1) is 5.82 Å². The lowest BCUT2D eigenvalue weighted by atomic mass is 10.1. The van der Waals surface area contributed by atoms with Crippen LogP contribution in [0.15, 0.2) is 36.7 Å². The summed E-state index contributed by atoms with van der Waals surface area (Å²) in [4.78, 5) is 7.89. The summed E-state index contributed by atoms with van der Waals surface area (Å²) in [6, 6.07) is 8.14. The summed E-state index contributed by atoms with van der Waals surface area (Å²) in [6.45, 7) is 3.42. The standard InChI is InChI=1S/C14H17FN4/c1-10(6-16)17-7-11-2-4-12(5-3-11)14-18-8-13(15)9-19-14/h2-5,8-10,17H,6-7,16H2,1H3/t10-/m0/s1. The quantitative estimate of drug-likeness (QED) is 0.859. The summed E-state index contributed by atoms with van der Waals surface area (Å²) in [7, 11) is 0. The number of rotatable bonds is 5. The molecule has 0 aliphatic heterocycles. The lowest BCUT2D eigenvalue weighted by molar-refractivity contribution is 0.556. The number of nitrogens with two attached hydrogens (primary N) is 1. The average molecular weight is 260 g/mol. The molecule has 0 radical (unpaired) electrons. The van der Waals surface area contributed by atoms with E-state index in [9.17, 15) is 4.39 Å².